The minimum atomic E-state index is 0.118. The van der Waals surface area contributed by atoms with Crippen molar-refractivity contribution in [1.82, 2.24) is 4.90 Å². The SMILES string of the molecule is COCC1C(CCN2CCN(c3ccccc3OC)CC2)c2cc(OC)c(OC)cc2C1c1ccc(OC)c(OC)c1. The first-order valence-corrected chi connectivity index (χ1v) is 14.6. The van der Waals surface area contributed by atoms with E-state index in [1.165, 1.54) is 22.4 Å². The van der Waals surface area contributed by atoms with Crippen molar-refractivity contribution in [2.75, 3.05) is 86.9 Å². The Bertz CT molecular complexity index is 1340. The first-order valence-electron chi connectivity index (χ1n) is 14.6. The summed E-state index contributed by atoms with van der Waals surface area (Å²) in [6, 6.07) is 18.9. The molecule has 3 aromatic rings. The van der Waals surface area contributed by atoms with Crippen molar-refractivity contribution in [2.45, 2.75) is 18.3 Å². The van der Waals surface area contributed by atoms with Crippen molar-refractivity contribution in [1.29, 1.82) is 0 Å². The normalized spacial score (nSPS) is 20.2. The zero-order valence-electron chi connectivity index (χ0n) is 25.7. The van der Waals surface area contributed by atoms with Gasteiger partial charge in [-0.1, -0.05) is 18.2 Å². The van der Waals surface area contributed by atoms with Gasteiger partial charge in [-0.3, -0.25) is 4.90 Å². The molecule has 0 N–H and O–H groups in total. The highest BCUT2D eigenvalue weighted by atomic mass is 16.5. The quantitative estimate of drug-likeness (QED) is 0.283. The molecule has 1 aliphatic carbocycles. The minimum absolute atomic E-state index is 0.118. The van der Waals surface area contributed by atoms with Crippen LogP contribution in [-0.4, -0.2) is 86.9 Å². The van der Waals surface area contributed by atoms with Gasteiger partial charge in [0, 0.05) is 45.1 Å². The summed E-state index contributed by atoms with van der Waals surface area (Å²) in [5.41, 5.74) is 4.91. The van der Waals surface area contributed by atoms with E-state index in [1.807, 2.05) is 18.2 Å². The molecule has 226 valence electrons. The molecule has 2 aliphatic rings. The monoisotopic (exact) mass is 576 g/mol. The van der Waals surface area contributed by atoms with E-state index in [2.05, 4.69) is 46.2 Å². The summed E-state index contributed by atoms with van der Waals surface area (Å²) in [5, 5.41) is 0. The molecule has 8 nitrogen and oxygen atoms in total. The number of para-hydroxylation sites is 2. The molecule has 3 atom stereocenters. The Morgan fingerprint density at radius 2 is 1.26 bits per heavy atom. The molecule has 42 heavy (non-hydrogen) atoms. The molecule has 0 bridgehead atoms. The Labute approximate surface area is 250 Å². The summed E-state index contributed by atoms with van der Waals surface area (Å²) in [6.45, 7) is 5.63. The van der Waals surface area contributed by atoms with Crippen LogP contribution in [0.5, 0.6) is 28.7 Å². The summed E-state index contributed by atoms with van der Waals surface area (Å²) >= 11 is 0. The minimum Gasteiger partial charge on any atom is -0.495 e. The molecule has 0 spiro atoms. The second-order valence-electron chi connectivity index (χ2n) is 10.9. The van der Waals surface area contributed by atoms with Crippen LogP contribution in [0.4, 0.5) is 5.69 Å². The third-order valence-corrected chi connectivity index (χ3v) is 8.95. The van der Waals surface area contributed by atoms with Crippen molar-refractivity contribution in [3.8, 4) is 28.7 Å². The van der Waals surface area contributed by atoms with E-state index < -0.39 is 0 Å². The maximum absolute atomic E-state index is 5.88. The van der Waals surface area contributed by atoms with Gasteiger partial charge < -0.3 is 33.3 Å². The zero-order chi connectivity index (χ0) is 29.6. The maximum atomic E-state index is 5.88. The van der Waals surface area contributed by atoms with Crippen LogP contribution >= 0.6 is 0 Å². The Morgan fingerprint density at radius 3 is 1.90 bits per heavy atom. The standard InChI is InChI=1S/C34H44N2O6/c1-37-22-27-24(13-14-35-15-17-36(18-16-35)28-9-7-8-10-29(28)38-2)25-20-32(41-5)33(42-6)21-26(25)34(27)23-11-12-30(39-3)31(19-23)40-4/h7-12,19-21,24,27,34H,13-18,22H2,1-6H3. The molecular formula is C34H44N2O6. The summed E-state index contributed by atoms with van der Waals surface area (Å²) in [7, 11) is 10.3. The number of rotatable bonds is 12. The fourth-order valence-electron chi connectivity index (χ4n) is 6.87. The summed E-state index contributed by atoms with van der Waals surface area (Å²) in [4.78, 5) is 5.01. The number of benzene rings is 3. The molecule has 1 saturated heterocycles. The molecule has 0 amide bonds. The van der Waals surface area contributed by atoms with Crippen LogP contribution < -0.4 is 28.6 Å². The molecule has 0 aromatic heterocycles. The number of hydrogen-bond donors (Lipinski definition) is 0. The molecule has 3 unspecified atom stereocenters. The van der Waals surface area contributed by atoms with Gasteiger partial charge in [0.05, 0.1) is 47.8 Å². The summed E-state index contributed by atoms with van der Waals surface area (Å²) in [5.74, 6) is 4.54. The maximum Gasteiger partial charge on any atom is 0.161 e. The van der Waals surface area contributed by atoms with Gasteiger partial charge in [0.15, 0.2) is 23.0 Å². The smallest absolute Gasteiger partial charge is 0.161 e. The van der Waals surface area contributed by atoms with E-state index >= 15 is 0 Å². The molecule has 1 fully saturated rings. The predicted molar refractivity (Wildman–Crippen MR) is 165 cm³/mol. The van der Waals surface area contributed by atoms with Crippen LogP contribution in [0, 0.1) is 5.92 Å². The highest BCUT2D eigenvalue weighted by Crippen LogP contribution is 2.54. The van der Waals surface area contributed by atoms with Crippen molar-refractivity contribution >= 4 is 5.69 Å². The number of fused-ring (bicyclic) bond motifs is 1. The van der Waals surface area contributed by atoms with Gasteiger partial charge in [-0.05, 0) is 72.0 Å². The fraction of sp³-hybridized carbons (Fsp3) is 0.471. The van der Waals surface area contributed by atoms with Crippen molar-refractivity contribution in [3.05, 3.63) is 71.3 Å². The first-order chi connectivity index (χ1) is 20.6. The lowest BCUT2D eigenvalue weighted by atomic mass is 9.81. The number of anilines is 1. The average Bonchev–Trinajstić information content (AvgIpc) is 3.34. The average molecular weight is 577 g/mol. The lowest BCUT2D eigenvalue weighted by molar-refractivity contribution is 0.130. The largest absolute Gasteiger partial charge is 0.495 e. The Balaban J connectivity index is 1.41. The van der Waals surface area contributed by atoms with Gasteiger partial charge >= 0.3 is 0 Å². The zero-order valence-corrected chi connectivity index (χ0v) is 25.7. The van der Waals surface area contributed by atoms with E-state index in [4.69, 9.17) is 28.4 Å². The van der Waals surface area contributed by atoms with Gasteiger partial charge in [0.25, 0.3) is 0 Å². The van der Waals surface area contributed by atoms with Crippen LogP contribution in [0.2, 0.25) is 0 Å². The molecule has 8 heteroatoms. The number of piperazine rings is 1. The molecule has 0 radical (unpaired) electrons. The Morgan fingerprint density at radius 1 is 0.643 bits per heavy atom. The van der Waals surface area contributed by atoms with Crippen LogP contribution in [0.15, 0.2) is 54.6 Å². The number of nitrogens with zero attached hydrogens (tertiary/aromatic N) is 2. The first kappa shape index (κ1) is 29.9. The van der Waals surface area contributed by atoms with E-state index in [0.29, 0.717) is 12.5 Å². The van der Waals surface area contributed by atoms with Crippen molar-refractivity contribution in [3.63, 3.8) is 0 Å². The summed E-state index contributed by atoms with van der Waals surface area (Å²) in [6.07, 6.45) is 1.02. The Hall–Kier alpha value is -3.62. The lowest BCUT2D eigenvalue weighted by Gasteiger charge is -2.37. The van der Waals surface area contributed by atoms with E-state index in [1.54, 1.807) is 42.7 Å². The van der Waals surface area contributed by atoms with Gasteiger partial charge in [0.2, 0.25) is 0 Å². The molecule has 1 heterocycles. The Kier molecular flexibility index (Phi) is 9.65. The van der Waals surface area contributed by atoms with Gasteiger partial charge in [0.1, 0.15) is 5.75 Å². The van der Waals surface area contributed by atoms with Crippen LogP contribution in [0.3, 0.4) is 0 Å². The molecule has 3 aromatic carbocycles. The van der Waals surface area contributed by atoms with Gasteiger partial charge in [-0.25, -0.2) is 0 Å². The second-order valence-corrected chi connectivity index (χ2v) is 10.9. The molecule has 1 aliphatic heterocycles. The van der Waals surface area contributed by atoms with Crippen LogP contribution in [0.1, 0.15) is 34.9 Å². The molecule has 5 rings (SSSR count). The summed E-state index contributed by atoms with van der Waals surface area (Å²) < 4.78 is 34.2. The van der Waals surface area contributed by atoms with Crippen LogP contribution in [-0.2, 0) is 4.74 Å². The lowest BCUT2D eigenvalue weighted by Crippen LogP contribution is -2.47. The van der Waals surface area contributed by atoms with E-state index in [-0.39, 0.29) is 11.8 Å². The predicted octanol–water partition coefficient (Wildman–Crippen LogP) is 5.43. The number of methoxy groups -OCH3 is 6. The highest BCUT2D eigenvalue weighted by molar-refractivity contribution is 5.59. The van der Waals surface area contributed by atoms with Crippen molar-refractivity contribution < 1.29 is 28.4 Å². The van der Waals surface area contributed by atoms with Crippen LogP contribution in [0.25, 0.3) is 0 Å². The third kappa shape index (κ3) is 5.83. The molecule has 0 saturated carbocycles. The van der Waals surface area contributed by atoms with Gasteiger partial charge in [-0.2, -0.15) is 0 Å². The van der Waals surface area contributed by atoms with Gasteiger partial charge in [-0.15, -0.1) is 0 Å². The fourth-order valence-corrected chi connectivity index (χ4v) is 6.87. The van der Waals surface area contributed by atoms with Crippen molar-refractivity contribution in [2.24, 2.45) is 5.92 Å². The van der Waals surface area contributed by atoms with E-state index in [0.717, 1.165) is 67.9 Å². The molecular weight excluding hydrogens is 532 g/mol. The van der Waals surface area contributed by atoms with E-state index in [9.17, 15) is 0 Å². The number of ether oxygens (including phenoxy) is 6. The number of hydrogen-bond acceptors (Lipinski definition) is 8. The highest BCUT2D eigenvalue weighted by Gasteiger charge is 2.42. The second kappa shape index (κ2) is 13.6. The topological polar surface area (TPSA) is 61.9 Å². The third-order valence-electron chi connectivity index (χ3n) is 8.95.